The Hall–Kier alpha value is -2.64. The maximum absolute atomic E-state index is 11.2. The van der Waals surface area contributed by atoms with Crippen LogP contribution in [0.5, 0.6) is 0 Å². The van der Waals surface area contributed by atoms with Gasteiger partial charge in [-0.05, 0) is 13.0 Å². The van der Waals surface area contributed by atoms with Gasteiger partial charge in [0.05, 0.1) is 11.5 Å². The maximum atomic E-state index is 11.2. The van der Waals surface area contributed by atoms with Gasteiger partial charge in [-0.3, -0.25) is 10.1 Å². The molecule has 3 rings (SSSR count). The number of rotatable bonds is 4. The van der Waals surface area contributed by atoms with Crippen molar-refractivity contribution in [2.24, 2.45) is 0 Å². The summed E-state index contributed by atoms with van der Waals surface area (Å²) in [6.07, 6.45) is 3.67. The number of hydrogen-bond donors (Lipinski definition) is 1. The second kappa shape index (κ2) is 5.39. The Morgan fingerprint density at radius 2 is 2.29 bits per heavy atom. The SMILES string of the molecule is CCNc1ccc([N+](=O)[O-])c(N2CCn3ccnc3C2)n1. The molecule has 2 aromatic rings. The predicted octanol–water partition coefficient (Wildman–Crippen LogP) is 1.64. The third-order valence-corrected chi connectivity index (χ3v) is 3.45. The van der Waals surface area contributed by atoms with Crippen LogP contribution in [0.3, 0.4) is 0 Å². The van der Waals surface area contributed by atoms with Crippen LogP contribution in [0.1, 0.15) is 12.7 Å². The Morgan fingerprint density at radius 1 is 1.43 bits per heavy atom. The minimum absolute atomic E-state index is 0.0247. The van der Waals surface area contributed by atoms with Crippen molar-refractivity contribution in [3.8, 4) is 0 Å². The Kier molecular flexibility index (Phi) is 3.43. The quantitative estimate of drug-likeness (QED) is 0.679. The second-order valence-electron chi connectivity index (χ2n) is 4.79. The van der Waals surface area contributed by atoms with Gasteiger partial charge in [0, 0.05) is 38.1 Å². The molecule has 3 heterocycles. The van der Waals surface area contributed by atoms with Gasteiger partial charge >= 0.3 is 5.69 Å². The zero-order chi connectivity index (χ0) is 14.8. The van der Waals surface area contributed by atoms with Crippen LogP contribution in [0.4, 0.5) is 17.3 Å². The molecular weight excluding hydrogens is 272 g/mol. The van der Waals surface area contributed by atoms with Gasteiger partial charge in [-0.25, -0.2) is 9.97 Å². The lowest BCUT2D eigenvalue weighted by Gasteiger charge is -2.28. The van der Waals surface area contributed by atoms with Crippen molar-refractivity contribution >= 4 is 17.3 Å². The maximum Gasteiger partial charge on any atom is 0.311 e. The van der Waals surface area contributed by atoms with Gasteiger partial charge in [-0.1, -0.05) is 0 Å². The summed E-state index contributed by atoms with van der Waals surface area (Å²) >= 11 is 0. The predicted molar refractivity (Wildman–Crippen MR) is 78.3 cm³/mol. The van der Waals surface area contributed by atoms with Crippen LogP contribution in [0.2, 0.25) is 0 Å². The third-order valence-electron chi connectivity index (χ3n) is 3.45. The lowest BCUT2D eigenvalue weighted by molar-refractivity contribution is -0.384. The van der Waals surface area contributed by atoms with Gasteiger partial charge in [-0.15, -0.1) is 0 Å². The number of fused-ring (bicyclic) bond motifs is 1. The zero-order valence-corrected chi connectivity index (χ0v) is 11.7. The summed E-state index contributed by atoms with van der Waals surface area (Å²) in [5, 5.41) is 14.3. The highest BCUT2D eigenvalue weighted by Crippen LogP contribution is 2.29. The largest absolute Gasteiger partial charge is 0.370 e. The fraction of sp³-hybridized carbons (Fsp3) is 0.385. The lowest BCUT2D eigenvalue weighted by atomic mass is 10.3. The molecule has 8 nitrogen and oxygen atoms in total. The molecule has 0 radical (unpaired) electrons. The van der Waals surface area contributed by atoms with E-state index in [9.17, 15) is 10.1 Å². The molecule has 0 aromatic carbocycles. The average Bonchev–Trinajstić information content (AvgIpc) is 2.94. The van der Waals surface area contributed by atoms with E-state index in [-0.39, 0.29) is 10.6 Å². The molecule has 8 heteroatoms. The van der Waals surface area contributed by atoms with Crippen LogP contribution in [0.15, 0.2) is 24.5 Å². The molecule has 0 unspecified atom stereocenters. The fourth-order valence-corrected chi connectivity index (χ4v) is 2.45. The van der Waals surface area contributed by atoms with E-state index in [1.807, 2.05) is 18.0 Å². The van der Waals surface area contributed by atoms with E-state index in [4.69, 9.17) is 0 Å². The van der Waals surface area contributed by atoms with E-state index in [2.05, 4.69) is 19.9 Å². The molecule has 0 atom stereocenters. The van der Waals surface area contributed by atoms with Crippen LogP contribution in [-0.2, 0) is 13.1 Å². The van der Waals surface area contributed by atoms with E-state index in [1.54, 1.807) is 12.3 Å². The minimum atomic E-state index is -0.390. The molecule has 21 heavy (non-hydrogen) atoms. The number of nitro groups is 1. The highest BCUT2D eigenvalue weighted by Gasteiger charge is 2.25. The summed E-state index contributed by atoms with van der Waals surface area (Å²) < 4.78 is 2.05. The highest BCUT2D eigenvalue weighted by molar-refractivity contribution is 5.62. The second-order valence-corrected chi connectivity index (χ2v) is 4.79. The van der Waals surface area contributed by atoms with E-state index < -0.39 is 0 Å². The summed E-state index contributed by atoms with van der Waals surface area (Å²) in [6, 6.07) is 3.14. The fourth-order valence-electron chi connectivity index (χ4n) is 2.45. The van der Waals surface area contributed by atoms with Gasteiger partial charge in [0.1, 0.15) is 11.6 Å². The first kappa shape index (κ1) is 13.3. The van der Waals surface area contributed by atoms with E-state index in [0.717, 1.165) is 12.4 Å². The number of imidazole rings is 1. The summed E-state index contributed by atoms with van der Waals surface area (Å²) in [6.45, 7) is 4.62. The molecular formula is C13H16N6O2. The topological polar surface area (TPSA) is 89.1 Å². The zero-order valence-electron chi connectivity index (χ0n) is 11.7. The Bertz CT molecular complexity index is 668. The van der Waals surface area contributed by atoms with Crippen LogP contribution < -0.4 is 10.2 Å². The molecule has 0 amide bonds. The summed E-state index contributed by atoms with van der Waals surface area (Å²) in [5.41, 5.74) is 0.0247. The summed E-state index contributed by atoms with van der Waals surface area (Å²) in [4.78, 5) is 21.4. The summed E-state index contributed by atoms with van der Waals surface area (Å²) in [5.74, 6) is 1.94. The van der Waals surface area contributed by atoms with Crippen molar-refractivity contribution in [2.45, 2.75) is 20.0 Å². The van der Waals surface area contributed by atoms with Crippen molar-refractivity contribution in [1.29, 1.82) is 0 Å². The molecule has 1 aliphatic heterocycles. The van der Waals surface area contributed by atoms with Crippen molar-refractivity contribution < 1.29 is 4.92 Å². The standard InChI is InChI=1S/C13H16N6O2/c1-2-14-11-4-3-10(19(20)21)13(16-11)18-8-7-17-6-5-15-12(17)9-18/h3-6H,2,7-9H2,1H3,(H,14,16). The molecule has 0 saturated heterocycles. The van der Waals surface area contributed by atoms with Crippen molar-refractivity contribution in [3.05, 3.63) is 40.5 Å². The van der Waals surface area contributed by atoms with Crippen LogP contribution in [0.25, 0.3) is 0 Å². The van der Waals surface area contributed by atoms with Crippen molar-refractivity contribution in [2.75, 3.05) is 23.3 Å². The van der Waals surface area contributed by atoms with Gasteiger partial charge in [-0.2, -0.15) is 0 Å². The number of nitrogens with one attached hydrogen (secondary N) is 1. The number of hydrogen-bond acceptors (Lipinski definition) is 6. The first-order valence-corrected chi connectivity index (χ1v) is 6.83. The van der Waals surface area contributed by atoms with Crippen LogP contribution >= 0.6 is 0 Å². The number of anilines is 2. The van der Waals surface area contributed by atoms with Gasteiger partial charge in [0.15, 0.2) is 0 Å². The normalized spacial score (nSPS) is 13.9. The van der Waals surface area contributed by atoms with E-state index in [1.165, 1.54) is 6.07 Å². The third kappa shape index (κ3) is 2.51. The van der Waals surface area contributed by atoms with Crippen molar-refractivity contribution in [3.63, 3.8) is 0 Å². The lowest BCUT2D eigenvalue weighted by Crippen LogP contribution is -2.34. The highest BCUT2D eigenvalue weighted by atomic mass is 16.6. The molecule has 1 N–H and O–H groups in total. The monoisotopic (exact) mass is 288 g/mol. The van der Waals surface area contributed by atoms with Crippen LogP contribution in [0, 0.1) is 10.1 Å². The average molecular weight is 288 g/mol. The molecule has 110 valence electrons. The van der Waals surface area contributed by atoms with Gasteiger partial charge < -0.3 is 14.8 Å². The Morgan fingerprint density at radius 3 is 3.05 bits per heavy atom. The molecule has 0 spiro atoms. The van der Waals surface area contributed by atoms with E-state index >= 15 is 0 Å². The smallest absolute Gasteiger partial charge is 0.311 e. The minimum Gasteiger partial charge on any atom is -0.370 e. The molecule has 0 bridgehead atoms. The first-order valence-electron chi connectivity index (χ1n) is 6.83. The van der Waals surface area contributed by atoms with Crippen LogP contribution in [-0.4, -0.2) is 32.5 Å². The van der Waals surface area contributed by atoms with Crippen molar-refractivity contribution in [1.82, 2.24) is 14.5 Å². The first-order chi connectivity index (χ1) is 10.2. The Labute approximate surface area is 121 Å². The number of aromatic nitrogens is 3. The number of pyridine rings is 1. The molecule has 1 aliphatic rings. The number of nitrogens with zero attached hydrogens (tertiary/aromatic N) is 5. The van der Waals surface area contributed by atoms with Gasteiger partial charge in [0.25, 0.3) is 0 Å². The van der Waals surface area contributed by atoms with E-state index in [0.29, 0.717) is 31.3 Å². The molecule has 2 aromatic heterocycles. The molecule has 0 fully saturated rings. The Balaban J connectivity index is 1.96. The molecule has 0 saturated carbocycles. The van der Waals surface area contributed by atoms with Gasteiger partial charge in [0.2, 0.25) is 5.82 Å². The molecule has 0 aliphatic carbocycles. The summed E-state index contributed by atoms with van der Waals surface area (Å²) in [7, 11) is 0.